The van der Waals surface area contributed by atoms with Crippen molar-refractivity contribution in [2.45, 2.75) is 26.9 Å². The summed E-state index contributed by atoms with van der Waals surface area (Å²) in [5.41, 5.74) is 12.6. The van der Waals surface area contributed by atoms with Crippen LogP contribution in [0, 0.1) is 11.7 Å². The lowest BCUT2D eigenvalue weighted by Crippen LogP contribution is -2.36. The molecular formula is C14H22FN3O. The first-order valence-corrected chi connectivity index (χ1v) is 6.40. The average molecular weight is 267 g/mol. The van der Waals surface area contributed by atoms with Crippen molar-refractivity contribution in [3.63, 3.8) is 0 Å². The molecular weight excluding hydrogens is 245 g/mol. The van der Waals surface area contributed by atoms with Gasteiger partial charge in [-0.2, -0.15) is 0 Å². The summed E-state index contributed by atoms with van der Waals surface area (Å²) < 4.78 is 13.3. The van der Waals surface area contributed by atoms with Gasteiger partial charge in [0.25, 0.3) is 0 Å². The predicted molar refractivity (Wildman–Crippen MR) is 73.6 cm³/mol. The highest BCUT2D eigenvalue weighted by atomic mass is 19.1. The highest BCUT2D eigenvalue weighted by Gasteiger charge is 2.13. The van der Waals surface area contributed by atoms with E-state index in [9.17, 15) is 9.18 Å². The van der Waals surface area contributed by atoms with E-state index in [0.717, 1.165) is 17.7 Å². The minimum atomic E-state index is -0.383. The molecule has 0 saturated heterocycles. The molecule has 0 bridgehead atoms. The lowest BCUT2D eigenvalue weighted by molar-refractivity contribution is -0.119. The van der Waals surface area contributed by atoms with Gasteiger partial charge >= 0.3 is 0 Å². The van der Waals surface area contributed by atoms with Crippen molar-refractivity contribution in [1.82, 2.24) is 4.90 Å². The fourth-order valence-electron chi connectivity index (χ4n) is 2.10. The van der Waals surface area contributed by atoms with Crippen LogP contribution in [-0.2, 0) is 17.9 Å². The van der Waals surface area contributed by atoms with E-state index in [-0.39, 0.29) is 18.3 Å². The summed E-state index contributed by atoms with van der Waals surface area (Å²) in [6.07, 6.45) is 0. The summed E-state index contributed by atoms with van der Waals surface area (Å²) in [6.45, 7) is 5.84. The maximum absolute atomic E-state index is 13.3. The minimum absolute atomic E-state index is 0.165. The van der Waals surface area contributed by atoms with Crippen molar-refractivity contribution in [2.75, 3.05) is 13.1 Å². The van der Waals surface area contributed by atoms with E-state index in [4.69, 9.17) is 11.5 Å². The van der Waals surface area contributed by atoms with Crippen LogP contribution in [0.1, 0.15) is 25.0 Å². The van der Waals surface area contributed by atoms with Crippen molar-refractivity contribution in [3.05, 3.63) is 35.1 Å². The van der Waals surface area contributed by atoms with Gasteiger partial charge in [-0.1, -0.05) is 19.9 Å². The van der Waals surface area contributed by atoms with Gasteiger partial charge in [0.2, 0.25) is 5.91 Å². The molecule has 0 heterocycles. The number of nitrogens with zero attached hydrogens (tertiary/aromatic N) is 1. The molecule has 0 aliphatic carbocycles. The minimum Gasteiger partial charge on any atom is -0.369 e. The molecule has 4 N–H and O–H groups in total. The van der Waals surface area contributed by atoms with Crippen LogP contribution in [-0.4, -0.2) is 23.9 Å². The van der Waals surface area contributed by atoms with Crippen molar-refractivity contribution >= 4 is 5.91 Å². The number of benzene rings is 1. The zero-order valence-electron chi connectivity index (χ0n) is 11.5. The van der Waals surface area contributed by atoms with Crippen LogP contribution < -0.4 is 11.5 Å². The predicted octanol–water partition coefficient (Wildman–Crippen LogP) is 1.23. The Bertz CT molecular complexity index is 435. The Labute approximate surface area is 113 Å². The molecule has 1 aromatic rings. The largest absolute Gasteiger partial charge is 0.369 e. The highest BCUT2D eigenvalue weighted by molar-refractivity contribution is 5.75. The number of hydrogen-bond acceptors (Lipinski definition) is 3. The third-order valence-electron chi connectivity index (χ3n) is 2.78. The second kappa shape index (κ2) is 7.21. The molecule has 0 unspecified atom stereocenters. The molecule has 4 nitrogen and oxygen atoms in total. The molecule has 0 spiro atoms. The standard InChI is InChI=1S/C14H22FN3O/c1-10(2)7-18(9-14(17)19)8-12-5-13(15)4-3-11(12)6-16/h3-5,10H,6-9,16H2,1-2H3,(H2,17,19). The Hall–Kier alpha value is -1.46. The van der Waals surface area contributed by atoms with E-state index >= 15 is 0 Å². The fraction of sp³-hybridized carbons (Fsp3) is 0.500. The van der Waals surface area contributed by atoms with Gasteiger partial charge in [-0.05, 0) is 29.2 Å². The monoisotopic (exact) mass is 267 g/mol. The Morgan fingerprint density at radius 3 is 2.58 bits per heavy atom. The van der Waals surface area contributed by atoms with Crippen molar-refractivity contribution < 1.29 is 9.18 Å². The van der Waals surface area contributed by atoms with Crippen molar-refractivity contribution in [1.29, 1.82) is 0 Å². The van der Waals surface area contributed by atoms with Gasteiger partial charge in [0.05, 0.1) is 6.54 Å². The van der Waals surface area contributed by atoms with E-state index in [2.05, 4.69) is 13.8 Å². The lowest BCUT2D eigenvalue weighted by atomic mass is 10.1. The molecule has 1 rings (SSSR count). The zero-order valence-corrected chi connectivity index (χ0v) is 11.5. The average Bonchev–Trinajstić information content (AvgIpc) is 2.27. The summed E-state index contributed by atoms with van der Waals surface area (Å²) in [5.74, 6) is -0.281. The highest BCUT2D eigenvalue weighted by Crippen LogP contribution is 2.14. The summed E-state index contributed by atoms with van der Waals surface area (Å²) >= 11 is 0. The van der Waals surface area contributed by atoms with Crippen LogP contribution in [0.4, 0.5) is 4.39 Å². The molecule has 5 heteroatoms. The molecule has 0 fully saturated rings. The second-order valence-corrected chi connectivity index (χ2v) is 5.15. The SMILES string of the molecule is CC(C)CN(CC(N)=O)Cc1cc(F)ccc1CN. The summed E-state index contributed by atoms with van der Waals surface area (Å²) in [4.78, 5) is 13.0. The van der Waals surface area contributed by atoms with E-state index in [1.807, 2.05) is 4.90 Å². The number of halogens is 1. The topological polar surface area (TPSA) is 72.3 Å². The molecule has 1 aromatic carbocycles. The number of rotatable bonds is 7. The van der Waals surface area contributed by atoms with E-state index in [0.29, 0.717) is 19.0 Å². The number of nitrogens with two attached hydrogens (primary N) is 2. The number of carbonyl (C=O) groups is 1. The fourth-order valence-corrected chi connectivity index (χ4v) is 2.10. The van der Waals surface area contributed by atoms with Crippen LogP contribution in [0.25, 0.3) is 0 Å². The second-order valence-electron chi connectivity index (χ2n) is 5.15. The Morgan fingerprint density at radius 1 is 1.37 bits per heavy atom. The van der Waals surface area contributed by atoms with Crippen LogP contribution in [0.5, 0.6) is 0 Å². The van der Waals surface area contributed by atoms with E-state index < -0.39 is 0 Å². The molecule has 0 aromatic heterocycles. The Kier molecular flexibility index (Phi) is 5.92. The zero-order chi connectivity index (χ0) is 14.4. The Balaban J connectivity index is 2.88. The maximum Gasteiger partial charge on any atom is 0.231 e. The van der Waals surface area contributed by atoms with Gasteiger partial charge in [-0.3, -0.25) is 9.69 Å². The first-order chi connectivity index (χ1) is 8.92. The third kappa shape index (κ3) is 5.36. The smallest absolute Gasteiger partial charge is 0.231 e. The first kappa shape index (κ1) is 15.6. The molecule has 106 valence electrons. The van der Waals surface area contributed by atoms with Crippen LogP contribution in [0.15, 0.2) is 18.2 Å². The van der Waals surface area contributed by atoms with E-state index in [1.165, 1.54) is 12.1 Å². The third-order valence-corrected chi connectivity index (χ3v) is 2.78. The normalized spacial score (nSPS) is 11.3. The molecule has 19 heavy (non-hydrogen) atoms. The van der Waals surface area contributed by atoms with Crippen molar-refractivity contribution in [2.24, 2.45) is 17.4 Å². The van der Waals surface area contributed by atoms with Gasteiger partial charge in [0, 0.05) is 19.6 Å². The summed E-state index contributed by atoms with van der Waals surface area (Å²) in [7, 11) is 0. The van der Waals surface area contributed by atoms with Gasteiger partial charge in [0.15, 0.2) is 0 Å². The molecule has 0 radical (unpaired) electrons. The molecule has 0 aliphatic rings. The van der Waals surface area contributed by atoms with Crippen LogP contribution >= 0.6 is 0 Å². The summed E-state index contributed by atoms with van der Waals surface area (Å²) in [5, 5.41) is 0. The first-order valence-electron chi connectivity index (χ1n) is 6.40. The molecule has 1 amide bonds. The number of hydrogen-bond donors (Lipinski definition) is 2. The van der Waals surface area contributed by atoms with Gasteiger partial charge in [-0.15, -0.1) is 0 Å². The van der Waals surface area contributed by atoms with Gasteiger partial charge in [0.1, 0.15) is 5.82 Å². The quantitative estimate of drug-likeness (QED) is 0.780. The molecule has 0 saturated carbocycles. The van der Waals surface area contributed by atoms with Gasteiger partial charge in [-0.25, -0.2) is 4.39 Å². The van der Waals surface area contributed by atoms with Crippen LogP contribution in [0.3, 0.4) is 0 Å². The Morgan fingerprint density at radius 2 is 2.05 bits per heavy atom. The number of amides is 1. The number of primary amides is 1. The molecule has 0 atom stereocenters. The van der Waals surface area contributed by atoms with Crippen molar-refractivity contribution in [3.8, 4) is 0 Å². The number of carbonyl (C=O) groups excluding carboxylic acids is 1. The molecule has 0 aliphatic heterocycles. The maximum atomic E-state index is 13.3. The summed E-state index contributed by atoms with van der Waals surface area (Å²) in [6, 6.07) is 4.55. The van der Waals surface area contributed by atoms with E-state index in [1.54, 1.807) is 6.07 Å². The lowest BCUT2D eigenvalue weighted by Gasteiger charge is -2.24. The van der Waals surface area contributed by atoms with Gasteiger partial charge < -0.3 is 11.5 Å². The van der Waals surface area contributed by atoms with Crippen LogP contribution in [0.2, 0.25) is 0 Å².